The van der Waals surface area contributed by atoms with E-state index in [0.717, 1.165) is 6.04 Å². The second-order valence-corrected chi connectivity index (χ2v) is 4.62. The fourth-order valence-corrected chi connectivity index (χ4v) is 1.82. The van der Waals surface area contributed by atoms with Crippen LogP contribution in [-0.2, 0) is 0 Å². The molecule has 1 atom stereocenters. The number of carbonyl (C=O) groups is 1. The number of ether oxygens (including phenoxy) is 1. The van der Waals surface area contributed by atoms with Crippen molar-refractivity contribution in [2.45, 2.75) is 12.5 Å². The van der Waals surface area contributed by atoms with Gasteiger partial charge in [0.2, 0.25) is 0 Å². The highest BCUT2D eigenvalue weighted by Gasteiger charge is 2.14. The highest BCUT2D eigenvalue weighted by Crippen LogP contribution is 2.14. The van der Waals surface area contributed by atoms with Crippen molar-refractivity contribution in [3.63, 3.8) is 0 Å². The molecule has 5 heteroatoms. The second-order valence-electron chi connectivity index (χ2n) is 4.62. The first-order chi connectivity index (χ1) is 9.08. The molecule has 0 aliphatic carbocycles. The molecule has 1 aromatic rings. The molecule has 2 rings (SSSR count). The van der Waals surface area contributed by atoms with Crippen LogP contribution >= 0.6 is 0 Å². The van der Waals surface area contributed by atoms with Gasteiger partial charge in [0.05, 0.1) is 12.7 Å². The van der Waals surface area contributed by atoms with Gasteiger partial charge in [-0.2, -0.15) is 0 Å². The van der Waals surface area contributed by atoms with Gasteiger partial charge in [0.25, 0.3) is 0 Å². The van der Waals surface area contributed by atoms with Gasteiger partial charge in [-0.25, -0.2) is 4.39 Å². The number of likely N-dealkylation sites (N-methyl/N-ethyl adjacent to an activating group) is 1. The predicted molar refractivity (Wildman–Crippen MR) is 73.3 cm³/mol. The van der Waals surface area contributed by atoms with Crippen molar-refractivity contribution in [1.29, 1.82) is 0 Å². The molecular weight excluding hydrogens is 247 g/mol. The summed E-state index contributed by atoms with van der Waals surface area (Å²) in [6.45, 7) is 2.37. The molecule has 0 amide bonds. The van der Waals surface area contributed by atoms with Gasteiger partial charge in [-0.3, -0.25) is 4.79 Å². The lowest BCUT2D eigenvalue weighted by Crippen LogP contribution is -2.29. The topological polar surface area (TPSA) is 41.6 Å². The Morgan fingerprint density at radius 2 is 2.21 bits per heavy atom. The van der Waals surface area contributed by atoms with E-state index in [1.807, 2.05) is 0 Å². The summed E-state index contributed by atoms with van der Waals surface area (Å²) in [7, 11) is 5.73. The van der Waals surface area contributed by atoms with E-state index in [1.54, 1.807) is 0 Å². The van der Waals surface area contributed by atoms with Crippen LogP contribution in [0.15, 0.2) is 18.2 Å². The quantitative estimate of drug-likeness (QED) is 0.845. The molecule has 1 aliphatic heterocycles. The lowest BCUT2D eigenvalue weighted by atomic mass is 10.2. The van der Waals surface area contributed by atoms with Crippen molar-refractivity contribution >= 4 is 6.29 Å². The molecule has 0 bridgehead atoms. The maximum absolute atomic E-state index is 12.6. The monoisotopic (exact) mass is 268 g/mol. The Bertz CT molecular complexity index is 404. The van der Waals surface area contributed by atoms with Gasteiger partial charge in [-0.05, 0) is 45.3 Å². The third-order valence-corrected chi connectivity index (χ3v) is 3.09. The first kappa shape index (κ1) is 15.6. The van der Waals surface area contributed by atoms with E-state index >= 15 is 0 Å². The zero-order valence-corrected chi connectivity index (χ0v) is 11.6. The van der Waals surface area contributed by atoms with Crippen LogP contribution in [0.2, 0.25) is 0 Å². The second kappa shape index (κ2) is 7.86. The molecule has 1 aromatic carbocycles. The summed E-state index contributed by atoms with van der Waals surface area (Å²) >= 11 is 0. The van der Waals surface area contributed by atoms with Crippen LogP contribution in [-0.4, -0.2) is 51.5 Å². The van der Waals surface area contributed by atoms with Gasteiger partial charge in [-0.1, -0.05) is 0 Å². The number of hydrogen-bond acceptors (Lipinski definition) is 4. The zero-order valence-electron chi connectivity index (χ0n) is 11.6. The van der Waals surface area contributed by atoms with E-state index < -0.39 is 5.82 Å². The van der Waals surface area contributed by atoms with Crippen LogP contribution in [0, 0.1) is 5.82 Å². The fraction of sp³-hybridized carbons (Fsp3) is 0.500. The molecule has 1 saturated heterocycles. The average molecular weight is 268 g/mol. The van der Waals surface area contributed by atoms with Crippen LogP contribution < -0.4 is 10.1 Å². The molecule has 1 aliphatic rings. The number of aldehydes is 1. The van der Waals surface area contributed by atoms with Crippen molar-refractivity contribution in [3.8, 4) is 5.75 Å². The number of carbonyl (C=O) groups excluding carboxylic acids is 1. The van der Waals surface area contributed by atoms with Crippen LogP contribution in [0.25, 0.3) is 0 Å². The Morgan fingerprint density at radius 3 is 2.63 bits per heavy atom. The predicted octanol–water partition coefficient (Wildman–Crippen LogP) is 1.56. The first-order valence-electron chi connectivity index (χ1n) is 6.24. The Hall–Kier alpha value is -1.46. The molecule has 106 valence electrons. The number of methoxy groups -OCH3 is 1. The first-order valence-corrected chi connectivity index (χ1v) is 6.24. The summed E-state index contributed by atoms with van der Waals surface area (Å²) in [4.78, 5) is 12.5. The van der Waals surface area contributed by atoms with Crippen LogP contribution in [0.5, 0.6) is 5.75 Å². The van der Waals surface area contributed by atoms with Crippen LogP contribution in [0.1, 0.15) is 16.8 Å². The summed E-state index contributed by atoms with van der Waals surface area (Å²) in [6, 6.07) is 4.79. The SMILES string of the molecule is CN(C)[C@H]1CCNC1.COc1ccc(F)c(C=O)c1. The molecule has 1 N–H and O–H groups in total. The van der Waals surface area contributed by atoms with Gasteiger partial charge in [0.15, 0.2) is 6.29 Å². The highest BCUT2D eigenvalue weighted by molar-refractivity contribution is 5.75. The Morgan fingerprint density at radius 1 is 1.47 bits per heavy atom. The minimum absolute atomic E-state index is 0.0179. The van der Waals surface area contributed by atoms with E-state index in [2.05, 4.69) is 24.3 Å². The van der Waals surface area contributed by atoms with Gasteiger partial charge in [-0.15, -0.1) is 0 Å². The molecule has 19 heavy (non-hydrogen) atoms. The Balaban J connectivity index is 0.000000200. The minimum atomic E-state index is -0.527. The third kappa shape index (κ3) is 4.96. The van der Waals surface area contributed by atoms with Gasteiger partial charge >= 0.3 is 0 Å². The third-order valence-electron chi connectivity index (χ3n) is 3.09. The lowest BCUT2D eigenvalue weighted by Gasteiger charge is -2.16. The normalized spacial score (nSPS) is 17.8. The molecule has 1 heterocycles. The smallest absolute Gasteiger partial charge is 0.153 e. The summed E-state index contributed by atoms with van der Waals surface area (Å²) in [5.41, 5.74) is 0.0179. The highest BCUT2D eigenvalue weighted by atomic mass is 19.1. The van der Waals surface area contributed by atoms with E-state index in [9.17, 15) is 9.18 Å². The molecule has 0 unspecified atom stereocenters. The van der Waals surface area contributed by atoms with Gasteiger partial charge in [0.1, 0.15) is 11.6 Å². The zero-order chi connectivity index (χ0) is 14.3. The summed E-state index contributed by atoms with van der Waals surface area (Å²) in [6.07, 6.45) is 1.77. The molecular formula is C14H21FN2O2. The number of benzene rings is 1. The molecule has 0 saturated carbocycles. The fourth-order valence-electron chi connectivity index (χ4n) is 1.82. The van der Waals surface area contributed by atoms with Crippen molar-refractivity contribution in [2.24, 2.45) is 0 Å². The van der Waals surface area contributed by atoms with Crippen molar-refractivity contribution in [1.82, 2.24) is 10.2 Å². The van der Waals surface area contributed by atoms with Crippen LogP contribution in [0.4, 0.5) is 4.39 Å². The molecule has 4 nitrogen and oxygen atoms in total. The van der Waals surface area contributed by atoms with Gasteiger partial charge < -0.3 is 15.0 Å². The summed E-state index contributed by atoms with van der Waals surface area (Å²) in [5, 5.41) is 3.31. The average Bonchev–Trinajstić information content (AvgIpc) is 2.94. The number of rotatable bonds is 3. The van der Waals surface area contributed by atoms with Crippen LogP contribution in [0.3, 0.4) is 0 Å². The van der Waals surface area contributed by atoms with E-state index in [4.69, 9.17) is 4.74 Å². The van der Waals surface area contributed by atoms with E-state index in [-0.39, 0.29) is 5.56 Å². The van der Waals surface area contributed by atoms with Crippen molar-refractivity contribution < 1.29 is 13.9 Å². The molecule has 0 spiro atoms. The summed E-state index contributed by atoms with van der Waals surface area (Å²) in [5.74, 6) is -0.0469. The number of halogens is 1. The number of hydrogen-bond donors (Lipinski definition) is 1. The maximum Gasteiger partial charge on any atom is 0.153 e. The Kier molecular flexibility index (Phi) is 6.45. The van der Waals surface area contributed by atoms with E-state index in [0.29, 0.717) is 12.0 Å². The molecule has 0 aromatic heterocycles. The maximum atomic E-state index is 12.6. The number of nitrogens with zero attached hydrogens (tertiary/aromatic N) is 1. The summed E-state index contributed by atoms with van der Waals surface area (Å²) < 4.78 is 17.4. The van der Waals surface area contributed by atoms with Crippen molar-refractivity contribution in [3.05, 3.63) is 29.6 Å². The minimum Gasteiger partial charge on any atom is -0.497 e. The van der Waals surface area contributed by atoms with Crippen molar-refractivity contribution in [2.75, 3.05) is 34.3 Å². The molecule has 1 fully saturated rings. The molecule has 0 radical (unpaired) electrons. The lowest BCUT2D eigenvalue weighted by molar-refractivity contribution is 0.111. The van der Waals surface area contributed by atoms with Gasteiger partial charge in [0, 0.05) is 12.6 Å². The van der Waals surface area contributed by atoms with E-state index in [1.165, 1.54) is 44.8 Å². The largest absolute Gasteiger partial charge is 0.497 e. The standard InChI is InChI=1S/C8H7FO2.C6H14N2/c1-11-7-2-3-8(9)6(4-7)5-10;1-8(2)6-3-4-7-5-6/h2-5H,1H3;6-7H,3-5H2,1-2H3/t;6-/m.0/s1. The Labute approximate surface area is 113 Å². The number of nitrogens with one attached hydrogen (secondary N) is 1.